The Morgan fingerprint density at radius 2 is 2.10 bits per heavy atom. The number of benzene rings is 1. The molecule has 2 heterocycles. The first kappa shape index (κ1) is 14.8. The van der Waals surface area contributed by atoms with Crippen LogP contribution in [0, 0.1) is 0 Å². The molecule has 3 atom stereocenters. The second kappa shape index (κ2) is 7.21. The lowest BCUT2D eigenvalue weighted by atomic mass is 10.0. The van der Waals surface area contributed by atoms with Crippen LogP contribution in [0.1, 0.15) is 42.7 Å². The number of thiophene rings is 1. The van der Waals surface area contributed by atoms with Gasteiger partial charge in [0, 0.05) is 17.0 Å². The Kier molecular flexibility index (Phi) is 5.07. The predicted molar refractivity (Wildman–Crippen MR) is 90.8 cm³/mol. The van der Waals surface area contributed by atoms with Gasteiger partial charge >= 0.3 is 0 Å². The van der Waals surface area contributed by atoms with E-state index in [2.05, 4.69) is 65.4 Å². The molecular formula is C18H24N2S. The van der Waals surface area contributed by atoms with Crippen molar-refractivity contribution >= 4 is 11.3 Å². The van der Waals surface area contributed by atoms with Gasteiger partial charge in [-0.1, -0.05) is 36.4 Å². The summed E-state index contributed by atoms with van der Waals surface area (Å²) in [5, 5.41) is 9.59. The lowest BCUT2D eigenvalue weighted by Gasteiger charge is -2.25. The molecular weight excluding hydrogens is 276 g/mol. The molecule has 1 aromatic heterocycles. The summed E-state index contributed by atoms with van der Waals surface area (Å²) >= 11 is 1.83. The van der Waals surface area contributed by atoms with Gasteiger partial charge in [-0.25, -0.2) is 0 Å². The lowest BCUT2D eigenvalue weighted by Crippen LogP contribution is -2.36. The molecule has 1 fully saturated rings. The first-order valence-corrected chi connectivity index (χ1v) is 8.78. The van der Waals surface area contributed by atoms with E-state index in [0.717, 1.165) is 0 Å². The highest BCUT2D eigenvalue weighted by Gasteiger charge is 2.21. The standard InChI is InChI=1S/C18H24N2S/c1-14(13-16-9-5-11-19-16)20-18(17-10-6-12-21-17)15-7-3-2-4-8-15/h2-4,6-8,10,12,14,16,18-20H,5,9,11,13H2,1H3. The average molecular weight is 300 g/mol. The maximum absolute atomic E-state index is 3.83. The van der Waals surface area contributed by atoms with Crippen LogP contribution in [0.3, 0.4) is 0 Å². The zero-order valence-electron chi connectivity index (χ0n) is 12.6. The molecule has 2 N–H and O–H groups in total. The molecule has 112 valence electrons. The number of hydrogen-bond acceptors (Lipinski definition) is 3. The molecule has 1 saturated heterocycles. The molecule has 3 heteroatoms. The van der Waals surface area contributed by atoms with Crippen molar-refractivity contribution in [1.82, 2.24) is 10.6 Å². The van der Waals surface area contributed by atoms with E-state index in [4.69, 9.17) is 0 Å². The topological polar surface area (TPSA) is 24.1 Å². The first-order chi connectivity index (χ1) is 10.3. The highest BCUT2D eigenvalue weighted by atomic mass is 32.1. The molecule has 3 rings (SSSR count). The van der Waals surface area contributed by atoms with Crippen molar-refractivity contribution in [2.75, 3.05) is 6.54 Å². The summed E-state index contributed by atoms with van der Waals surface area (Å²) in [5.74, 6) is 0. The van der Waals surface area contributed by atoms with Gasteiger partial charge < -0.3 is 10.6 Å². The van der Waals surface area contributed by atoms with Crippen LogP contribution < -0.4 is 10.6 Å². The summed E-state index contributed by atoms with van der Waals surface area (Å²) in [6.45, 7) is 3.49. The van der Waals surface area contributed by atoms with Gasteiger partial charge in [0.25, 0.3) is 0 Å². The van der Waals surface area contributed by atoms with Crippen molar-refractivity contribution in [2.24, 2.45) is 0 Å². The molecule has 21 heavy (non-hydrogen) atoms. The second-order valence-electron chi connectivity index (χ2n) is 5.96. The normalized spacial score (nSPS) is 21.3. The molecule has 1 aromatic carbocycles. The number of rotatable bonds is 6. The van der Waals surface area contributed by atoms with Crippen LogP contribution in [0.25, 0.3) is 0 Å². The minimum atomic E-state index is 0.308. The zero-order valence-corrected chi connectivity index (χ0v) is 13.4. The Labute approximate surface area is 131 Å². The minimum Gasteiger partial charge on any atom is -0.314 e. The van der Waals surface area contributed by atoms with Crippen LogP contribution in [-0.2, 0) is 0 Å². The average Bonchev–Trinajstić information content (AvgIpc) is 3.19. The molecule has 2 nitrogen and oxygen atoms in total. The summed E-state index contributed by atoms with van der Waals surface area (Å²) in [5.41, 5.74) is 1.35. The fraction of sp³-hybridized carbons (Fsp3) is 0.444. The van der Waals surface area contributed by atoms with Crippen LogP contribution in [0.2, 0.25) is 0 Å². The van der Waals surface area contributed by atoms with Gasteiger partial charge in [0.05, 0.1) is 6.04 Å². The highest BCUT2D eigenvalue weighted by molar-refractivity contribution is 7.10. The van der Waals surface area contributed by atoms with E-state index in [1.807, 2.05) is 11.3 Å². The van der Waals surface area contributed by atoms with E-state index >= 15 is 0 Å². The smallest absolute Gasteiger partial charge is 0.0673 e. The Hall–Kier alpha value is -1.16. The van der Waals surface area contributed by atoms with E-state index in [1.54, 1.807) is 0 Å². The molecule has 0 radical (unpaired) electrons. The SMILES string of the molecule is CC(CC1CCCN1)NC(c1ccccc1)c1cccs1. The molecule has 1 aliphatic rings. The Morgan fingerprint density at radius 3 is 2.76 bits per heavy atom. The maximum Gasteiger partial charge on any atom is 0.0673 e. The molecule has 0 bridgehead atoms. The van der Waals surface area contributed by atoms with Gasteiger partial charge in [-0.2, -0.15) is 0 Å². The van der Waals surface area contributed by atoms with Crippen LogP contribution >= 0.6 is 11.3 Å². The third kappa shape index (κ3) is 3.94. The molecule has 0 aliphatic carbocycles. The number of hydrogen-bond donors (Lipinski definition) is 2. The van der Waals surface area contributed by atoms with Crippen LogP contribution in [0.4, 0.5) is 0 Å². The van der Waals surface area contributed by atoms with E-state index < -0.39 is 0 Å². The van der Waals surface area contributed by atoms with E-state index in [1.165, 1.54) is 36.2 Å². The Morgan fingerprint density at radius 1 is 1.24 bits per heavy atom. The molecule has 0 saturated carbocycles. The summed E-state index contributed by atoms with van der Waals surface area (Å²) in [7, 11) is 0. The van der Waals surface area contributed by atoms with Gasteiger partial charge in [-0.05, 0) is 49.7 Å². The minimum absolute atomic E-state index is 0.308. The van der Waals surface area contributed by atoms with Crippen molar-refractivity contribution in [3.05, 3.63) is 58.3 Å². The third-order valence-electron chi connectivity index (χ3n) is 4.21. The van der Waals surface area contributed by atoms with Crippen molar-refractivity contribution in [3.8, 4) is 0 Å². The molecule has 0 amide bonds. The van der Waals surface area contributed by atoms with Crippen molar-refractivity contribution in [2.45, 2.75) is 44.3 Å². The monoisotopic (exact) mass is 300 g/mol. The van der Waals surface area contributed by atoms with Gasteiger partial charge in [0.15, 0.2) is 0 Å². The summed E-state index contributed by atoms with van der Waals surface area (Å²) in [6, 6.07) is 16.7. The third-order valence-corrected chi connectivity index (χ3v) is 5.15. The van der Waals surface area contributed by atoms with Gasteiger partial charge in [-0.3, -0.25) is 0 Å². The Balaban J connectivity index is 1.70. The quantitative estimate of drug-likeness (QED) is 0.844. The largest absolute Gasteiger partial charge is 0.314 e. The summed E-state index contributed by atoms with van der Waals surface area (Å²) < 4.78 is 0. The van der Waals surface area contributed by atoms with Crippen LogP contribution in [-0.4, -0.2) is 18.6 Å². The van der Waals surface area contributed by atoms with Crippen LogP contribution in [0.5, 0.6) is 0 Å². The first-order valence-electron chi connectivity index (χ1n) is 7.90. The molecule has 3 unspecified atom stereocenters. The maximum atomic E-state index is 3.83. The highest BCUT2D eigenvalue weighted by Crippen LogP contribution is 2.27. The van der Waals surface area contributed by atoms with Crippen molar-refractivity contribution < 1.29 is 0 Å². The van der Waals surface area contributed by atoms with Gasteiger partial charge in [0.2, 0.25) is 0 Å². The van der Waals surface area contributed by atoms with Gasteiger partial charge in [0.1, 0.15) is 0 Å². The van der Waals surface area contributed by atoms with E-state index in [0.29, 0.717) is 18.1 Å². The fourth-order valence-electron chi connectivity index (χ4n) is 3.18. The molecule has 2 aromatic rings. The molecule has 0 spiro atoms. The van der Waals surface area contributed by atoms with Crippen LogP contribution in [0.15, 0.2) is 47.8 Å². The Bertz CT molecular complexity index is 517. The summed E-state index contributed by atoms with van der Waals surface area (Å²) in [6.07, 6.45) is 3.85. The van der Waals surface area contributed by atoms with Crippen molar-refractivity contribution in [3.63, 3.8) is 0 Å². The number of nitrogens with one attached hydrogen (secondary N) is 2. The zero-order chi connectivity index (χ0) is 14.5. The fourth-order valence-corrected chi connectivity index (χ4v) is 3.99. The molecule has 1 aliphatic heterocycles. The van der Waals surface area contributed by atoms with Crippen molar-refractivity contribution in [1.29, 1.82) is 0 Å². The van der Waals surface area contributed by atoms with E-state index in [9.17, 15) is 0 Å². The summed E-state index contributed by atoms with van der Waals surface area (Å²) in [4.78, 5) is 1.40. The predicted octanol–water partition coefficient (Wildman–Crippen LogP) is 3.96. The van der Waals surface area contributed by atoms with E-state index in [-0.39, 0.29) is 0 Å². The van der Waals surface area contributed by atoms with Gasteiger partial charge in [-0.15, -0.1) is 11.3 Å². The lowest BCUT2D eigenvalue weighted by molar-refractivity contribution is 0.419. The second-order valence-corrected chi connectivity index (χ2v) is 6.94.